The van der Waals surface area contributed by atoms with Gasteiger partial charge in [0.1, 0.15) is 11.4 Å². The topological polar surface area (TPSA) is 26.3 Å². The monoisotopic (exact) mass is 342 g/mol. The molecule has 0 bridgehead atoms. The molecule has 2 nitrogen and oxygen atoms in total. The third kappa shape index (κ3) is 2.96. The van der Waals surface area contributed by atoms with E-state index in [1.165, 1.54) is 12.1 Å². The minimum atomic E-state index is -0.878. The van der Waals surface area contributed by atoms with Crippen molar-refractivity contribution in [2.75, 3.05) is 7.11 Å². The lowest BCUT2D eigenvalue weighted by molar-refractivity contribution is -0.0385. The van der Waals surface area contributed by atoms with Gasteiger partial charge in [0.25, 0.3) is 0 Å². The van der Waals surface area contributed by atoms with E-state index in [0.717, 1.165) is 12.8 Å². The molecule has 20 heavy (non-hydrogen) atoms. The van der Waals surface area contributed by atoms with Gasteiger partial charge in [0.15, 0.2) is 5.78 Å². The Morgan fingerprint density at radius 1 is 1.25 bits per heavy atom. The van der Waals surface area contributed by atoms with Gasteiger partial charge in [-0.15, -0.1) is 0 Å². The van der Waals surface area contributed by atoms with Gasteiger partial charge in [-0.3, -0.25) is 4.79 Å². The van der Waals surface area contributed by atoms with E-state index in [9.17, 15) is 9.18 Å². The van der Waals surface area contributed by atoms with Crippen LogP contribution < -0.4 is 0 Å². The second-order valence-corrected chi connectivity index (χ2v) is 7.23. The molecule has 0 heterocycles. The second-order valence-electron chi connectivity index (χ2n) is 6.32. The first kappa shape index (κ1) is 15.6. The lowest BCUT2D eigenvalue weighted by Gasteiger charge is -2.41. The smallest absolute Gasteiger partial charge is 0.197 e. The Balaban J connectivity index is 2.32. The predicted molar refractivity (Wildman–Crippen MR) is 80.4 cm³/mol. The van der Waals surface area contributed by atoms with Gasteiger partial charge in [0.05, 0.1) is 5.56 Å². The molecule has 0 saturated heterocycles. The van der Waals surface area contributed by atoms with E-state index in [2.05, 4.69) is 29.8 Å². The van der Waals surface area contributed by atoms with Gasteiger partial charge in [-0.25, -0.2) is 4.39 Å². The zero-order valence-electron chi connectivity index (χ0n) is 12.1. The van der Waals surface area contributed by atoms with Crippen LogP contribution in [-0.2, 0) is 4.74 Å². The van der Waals surface area contributed by atoms with Crippen LogP contribution >= 0.6 is 15.9 Å². The number of Topliss-reactive ketones (excluding diaryl/α,β-unsaturated/α-hetero) is 1. The van der Waals surface area contributed by atoms with Crippen molar-refractivity contribution in [2.24, 2.45) is 5.41 Å². The van der Waals surface area contributed by atoms with Crippen LogP contribution in [-0.4, -0.2) is 18.5 Å². The maximum Gasteiger partial charge on any atom is 0.197 e. The molecule has 1 fully saturated rings. The fourth-order valence-corrected chi connectivity index (χ4v) is 3.13. The first-order valence-corrected chi connectivity index (χ1v) is 7.64. The summed E-state index contributed by atoms with van der Waals surface area (Å²) in [4.78, 5) is 12.8. The van der Waals surface area contributed by atoms with Crippen molar-refractivity contribution in [1.29, 1.82) is 0 Å². The van der Waals surface area contributed by atoms with Crippen LogP contribution in [0.4, 0.5) is 4.39 Å². The molecule has 0 aromatic heterocycles. The second kappa shape index (κ2) is 5.57. The number of hydrogen-bond acceptors (Lipinski definition) is 2. The molecule has 1 aromatic rings. The molecule has 1 saturated carbocycles. The minimum absolute atomic E-state index is 0.112. The quantitative estimate of drug-likeness (QED) is 0.740. The Morgan fingerprint density at radius 2 is 1.85 bits per heavy atom. The van der Waals surface area contributed by atoms with Crippen LogP contribution in [0, 0.1) is 11.2 Å². The summed E-state index contributed by atoms with van der Waals surface area (Å²) >= 11 is 3.29. The SMILES string of the molecule is COC1(C(=O)c2cc(Br)ccc2F)CCC(C)(C)CC1. The van der Waals surface area contributed by atoms with E-state index >= 15 is 0 Å². The molecule has 0 amide bonds. The van der Waals surface area contributed by atoms with Gasteiger partial charge < -0.3 is 4.74 Å². The third-order valence-corrected chi connectivity index (χ3v) is 4.88. The van der Waals surface area contributed by atoms with E-state index in [0.29, 0.717) is 17.3 Å². The van der Waals surface area contributed by atoms with Crippen molar-refractivity contribution < 1.29 is 13.9 Å². The van der Waals surface area contributed by atoms with Crippen LogP contribution in [0.5, 0.6) is 0 Å². The number of hydrogen-bond donors (Lipinski definition) is 0. The van der Waals surface area contributed by atoms with Gasteiger partial charge in [-0.2, -0.15) is 0 Å². The summed E-state index contributed by atoms with van der Waals surface area (Å²) < 4.78 is 20.2. The maximum atomic E-state index is 13.9. The summed E-state index contributed by atoms with van der Waals surface area (Å²) in [6, 6.07) is 4.45. The first-order valence-electron chi connectivity index (χ1n) is 6.85. The molecular weight excluding hydrogens is 323 g/mol. The molecule has 1 aliphatic rings. The summed E-state index contributed by atoms with van der Waals surface area (Å²) in [5, 5.41) is 0. The van der Waals surface area contributed by atoms with Crippen molar-refractivity contribution >= 4 is 21.7 Å². The molecule has 4 heteroatoms. The Labute approximate surface area is 127 Å². The Bertz CT molecular complexity index is 515. The van der Waals surface area contributed by atoms with Crippen molar-refractivity contribution in [3.63, 3.8) is 0 Å². The minimum Gasteiger partial charge on any atom is -0.370 e. The summed E-state index contributed by atoms with van der Waals surface area (Å²) in [5.41, 5.74) is -0.545. The summed E-state index contributed by atoms with van der Waals surface area (Å²) in [6.07, 6.45) is 3.09. The lowest BCUT2D eigenvalue weighted by Crippen LogP contribution is -2.46. The van der Waals surface area contributed by atoms with Crippen LogP contribution in [0.2, 0.25) is 0 Å². The molecular formula is C16H20BrFO2. The predicted octanol–water partition coefficient (Wildman–Crippen LogP) is 4.76. The molecule has 0 radical (unpaired) electrons. The number of ketones is 1. The highest BCUT2D eigenvalue weighted by molar-refractivity contribution is 9.10. The maximum absolute atomic E-state index is 13.9. The van der Waals surface area contributed by atoms with Gasteiger partial charge in [0, 0.05) is 11.6 Å². The van der Waals surface area contributed by atoms with E-state index in [-0.39, 0.29) is 16.8 Å². The van der Waals surface area contributed by atoms with Crippen LogP contribution in [0.25, 0.3) is 0 Å². The molecule has 0 spiro atoms. The molecule has 0 aliphatic heterocycles. The van der Waals surface area contributed by atoms with Crippen molar-refractivity contribution in [3.05, 3.63) is 34.1 Å². The zero-order valence-corrected chi connectivity index (χ0v) is 13.7. The van der Waals surface area contributed by atoms with Gasteiger partial charge in [0.2, 0.25) is 0 Å². The summed E-state index contributed by atoms with van der Waals surface area (Å²) in [7, 11) is 1.55. The first-order chi connectivity index (χ1) is 9.30. The normalized spacial score (nSPS) is 20.6. The number of rotatable bonds is 3. The fraction of sp³-hybridized carbons (Fsp3) is 0.562. The number of halogens is 2. The molecule has 1 aliphatic carbocycles. The van der Waals surface area contributed by atoms with E-state index in [1.807, 2.05) is 0 Å². The number of methoxy groups -OCH3 is 1. The summed E-state index contributed by atoms with van der Waals surface area (Å²) in [6.45, 7) is 4.38. The van der Waals surface area contributed by atoms with Crippen molar-refractivity contribution in [1.82, 2.24) is 0 Å². The highest BCUT2D eigenvalue weighted by Crippen LogP contribution is 2.43. The zero-order chi connectivity index (χ0) is 15.0. The molecule has 2 rings (SSSR count). The van der Waals surface area contributed by atoms with Gasteiger partial charge in [-0.05, 0) is 49.3 Å². The Kier molecular flexibility index (Phi) is 4.35. The van der Waals surface area contributed by atoms with Gasteiger partial charge >= 0.3 is 0 Å². The number of carbonyl (C=O) groups excluding carboxylic acids is 1. The van der Waals surface area contributed by atoms with Gasteiger partial charge in [-0.1, -0.05) is 29.8 Å². The highest BCUT2D eigenvalue weighted by atomic mass is 79.9. The van der Waals surface area contributed by atoms with E-state index in [1.54, 1.807) is 13.2 Å². The van der Waals surface area contributed by atoms with Crippen LogP contribution in [0.1, 0.15) is 49.9 Å². The average Bonchev–Trinajstić information content (AvgIpc) is 2.41. The number of ether oxygens (including phenoxy) is 1. The number of benzene rings is 1. The Hall–Kier alpha value is -0.740. The molecule has 0 atom stereocenters. The average molecular weight is 343 g/mol. The van der Waals surface area contributed by atoms with Crippen LogP contribution in [0.15, 0.2) is 22.7 Å². The standard InChI is InChI=1S/C16H20BrFO2/c1-15(2)6-8-16(20-3,9-7-15)14(19)12-10-11(17)4-5-13(12)18/h4-5,10H,6-9H2,1-3H3. The number of carbonyl (C=O) groups is 1. The highest BCUT2D eigenvalue weighted by Gasteiger charge is 2.45. The Morgan fingerprint density at radius 3 is 2.40 bits per heavy atom. The summed E-state index contributed by atoms with van der Waals surface area (Å²) in [5.74, 6) is -0.728. The third-order valence-electron chi connectivity index (χ3n) is 4.39. The largest absolute Gasteiger partial charge is 0.370 e. The van der Waals surface area contributed by atoms with Crippen molar-refractivity contribution in [2.45, 2.75) is 45.1 Å². The van der Waals surface area contributed by atoms with E-state index < -0.39 is 11.4 Å². The van der Waals surface area contributed by atoms with Crippen molar-refractivity contribution in [3.8, 4) is 0 Å². The lowest BCUT2D eigenvalue weighted by atomic mass is 9.68. The van der Waals surface area contributed by atoms with Crippen LogP contribution in [0.3, 0.4) is 0 Å². The molecule has 1 aromatic carbocycles. The molecule has 0 unspecified atom stereocenters. The van der Waals surface area contributed by atoms with E-state index in [4.69, 9.17) is 4.74 Å². The molecule has 110 valence electrons. The fourth-order valence-electron chi connectivity index (χ4n) is 2.77. The molecule has 0 N–H and O–H groups in total.